The first kappa shape index (κ1) is 14.2. The molecule has 0 spiro atoms. The second kappa shape index (κ2) is 6.26. The molecule has 0 radical (unpaired) electrons. The van der Waals surface area contributed by atoms with Gasteiger partial charge < -0.3 is 15.0 Å². The van der Waals surface area contributed by atoms with Crippen LogP contribution in [0.25, 0.3) is 0 Å². The highest BCUT2D eigenvalue weighted by Gasteiger charge is 2.22. The maximum atomic E-state index is 12.1. The molecule has 2 atom stereocenters. The lowest BCUT2D eigenvalue weighted by Crippen LogP contribution is -2.44. The van der Waals surface area contributed by atoms with Gasteiger partial charge in [-0.2, -0.15) is 0 Å². The number of hydrogen-bond donors (Lipinski definition) is 1. The summed E-state index contributed by atoms with van der Waals surface area (Å²) in [5.74, 6) is 0. The highest BCUT2D eigenvalue weighted by Crippen LogP contribution is 2.22. The monoisotopic (exact) mass is 282 g/mol. The van der Waals surface area contributed by atoms with Crippen LogP contribution in [0.15, 0.2) is 24.3 Å². The first-order chi connectivity index (χ1) is 9.08. The van der Waals surface area contributed by atoms with Crippen molar-refractivity contribution in [2.24, 2.45) is 0 Å². The van der Waals surface area contributed by atoms with Gasteiger partial charge in [-0.3, -0.25) is 0 Å². The molecule has 2 unspecified atom stereocenters. The molecule has 1 aliphatic rings. The predicted molar refractivity (Wildman–Crippen MR) is 75.4 cm³/mol. The van der Waals surface area contributed by atoms with Crippen LogP contribution in [-0.4, -0.2) is 37.2 Å². The smallest absolute Gasteiger partial charge is 0.317 e. The molecule has 1 aromatic rings. The molecule has 0 aromatic heterocycles. The van der Waals surface area contributed by atoms with E-state index in [0.717, 1.165) is 18.6 Å². The average molecular weight is 283 g/mol. The van der Waals surface area contributed by atoms with E-state index in [4.69, 9.17) is 16.3 Å². The summed E-state index contributed by atoms with van der Waals surface area (Å²) in [5.41, 5.74) is 1.02. The van der Waals surface area contributed by atoms with E-state index in [1.54, 1.807) is 11.9 Å². The number of rotatable bonds is 3. The number of urea groups is 1. The Balaban J connectivity index is 1.97. The van der Waals surface area contributed by atoms with Crippen LogP contribution in [-0.2, 0) is 4.74 Å². The van der Waals surface area contributed by atoms with Crippen molar-refractivity contribution in [1.29, 1.82) is 0 Å². The number of nitrogens with zero attached hydrogens (tertiary/aromatic N) is 1. The number of hydrogen-bond acceptors (Lipinski definition) is 2. The molecule has 1 heterocycles. The van der Waals surface area contributed by atoms with Gasteiger partial charge in [-0.15, -0.1) is 0 Å². The molecule has 4 nitrogen and oxygen atoms in total. The molecule has 19 heavy (non-hydrogen) atoms. The second-order valence-corrected chi connectivity index (χ2v) is 5.29. The molecule has 1 aromatic carbocycles. The Labute approximate surface area is 118 Å². The fourth-order valence-corrected chi connectivity index (χ4v) is 2.29. The summed E-state index contributed by atoms with van der Waals surface area (Å²) in [7, 11) is 1.79. The minimum absolute atomic E-state index is 0.0268. The zero-order valence-corrected chi connectivity index (χ0v) is 12.0. The van der Waals surface area contributed by atoms with Gasteiger partial charge in [-0.05, 0) is 31.0 Å². The van der Waals surface area contributed by atoms with Crippen molar-refractivity contribution < 1.29 is 9.53 Å². The predicted octanol–water partition coefficient (Wildman–Crippen LogP) is 2.83. The zero-order valence-electron chi connectivity index (χ0n) is 11.2. The Kier molecular flexibility index (Phi) is 4.66. The molecule has 1 N–H and O–H groups in total. The third-order valence-corrected chi connectivity index (χ3v) is 3.72. The summed E-state index contributed by atoms with van der Waals surface area (Å²) in [6.45, 7) is 3.31. The van der Waals surface area contributed by atoms with E-state index in [1.807, 2.05) is 31.2 Å². The molecule has 2 rings (SSSR count). The highest BCUT2D eigenvalue weighted by atomic mass is 35.5. The quantitative estimate of drug-likeness (QED) is 0.926. The standard InChI is InChI=1S/C14H19ClN2O2/c1-10(11-4-3-5-12(15)8-11)17(2)14(18)16-13-6-7-19-9-13/h3-5,8,10,13H,6-7,9H2,1-2H3,(H,16,18). The molecule has 1 saturated heterocycles. The Bertz CT molecular complexity index is 447. The molecule has 0 aliphatic carbocycles. The summed E-state index contributed by atoms with van der Waals surface area (Å²) in [5, 5.41) is 3.66. The van der Waals surface area contributed by atoms with Crippen LogP contribution in [0.4, 0.5) is 4.79 Å². The van der Waals surface area contributed by atoms with Gasteiger partial charge in [0.2, 0.25) is 0 Å². The van der Waals surface area contributed by atoms with Crippen molar-refractivity contribution in [3.8, 4) is 0 Å². The van der Waals surface area contributed by atoms with Crippen LogP contribution >= 0.6 is 11.6 Å². The number of amides is 2. The van der Waals surface area contributed by atoms with Gasteiger partial charge in [-0.1, -0.05) is 23.7 Å². The Hall–Kier alpha value is -1.26. The second-order valence-electron chi connectivity index (χ2n) is 4.85. The van der Waals surface area contributed by atoms with Crippen LogP contribution in [0.5, 0.6) is 0 Å². The lowest BCUT2D eigenvalue weighted by Gasteiger charge is -2.27. The first-order valence-corrected chi connectivity index (χ1v) is 6.82. The minimum Gasteiger partial charge on any atom is -0.379 e. The normalized spacial score (nSPS) is 20.1. The van der Waals surface area contributed by atoms with Crippen LogP contribution in [0.3, 0.4) is 0 Å². The molecular formula is C14H19ClN2O2. The summed E-state index contributed by atoms with van der Waals surface area (Å²) >= 11 is 5.98. The molecule has 1 fully saturated rings. The molecule has 0 saturated carbocycles. The SMILES string of the molecule is CC(c1cccc(Cl)c1)N(C)C(=O)NC1CCOC1. The fourth-order valence-electron chi connectivity index (χ4n) is 2.09. The van der Waals surface area contributed by atoms with E-state index in [0.29, 0.717) is 11.6 Å². The van der Waals surface area contributed by atoms with Crippen molar-refractivity contribution in [3.63, 3.8) is 0 Å². The van der Waals surface area contributed by atoms with Crippen LogP contribution < -0.4 is 5.32 Å². The number of ether oxygens (including phenoxy) is 1. The third kappa shape index (κ3) is 3.61. The largest absolute Gasteiger partial charge is 0.379 e. The van der Waals surface area contributed by atoms with Gasteiger partial charge in [0.15, 0.2) is 0 Å². The van der Waals surface area contributed by atoms with E-state index >= 15 is 0 Å². The average Bonchev–Trinajstić information content (AvgIpc) is 2.89. The van der Waals surface area contributed by atoms with E-state index in [2.05, 4.69) is 5.32 Å². The maximum absolute atomic E-state index is 12.1. The molecule has 5 heteroatoms. The summed E-state index contributed by atoms with van der Waals surface area (Å²) in [6.07, 6.45) is 0.880. The minimum atomic E-state index is -0.0806. The van der Waals surface area contributed by atoms with Gasteiger partial charge in [-0.25, -0.2) is 4.79 Å². The van der Waals surface area contributed by atoms with Crippen LogP contribution in [0.1, 0.15) is 24.9 Å². The zero-order chi connectivity index (χ0) is 13.8. The topological polar surface area (TPSA) is 41.6 Å². The number of carbonyl (C=O) groups is 1. The third-order valence-electron chi connectivity index (χ3n) is 3.49. The summed E-state index contributed by atoms with van der Waals surface area (Å²) in [6, 6.07) is 7.59. The van der Waals surface area contributed by atoms with Crippen molar-refractivity contribution >= 4 is 17.6 Å². The van der Waals surface area contributed by atoms with Crippen molar-refractivity contribution in [1.82, 2.24) is 10.2 Å². The van der Waals surface area contributed by atoms with Crippen molar-refractivity contribution in [3.05, 3.63) is 34.9 Å². The number of nitrogens with one attached hydrogen (secondary N) is 1. The fraction of sp³-hybridized carbons (Fsp3) is 0.500. The van der Waals surface area contributed by atoms with Crippen LogP contribution in [0, 0.1) is 0 Å². The highest BCUT2D eigenvalue weighted by molar-refractivity contribution is 6.30. The van der Waals surface area contributed by atoms with E-state index in [1.165, 1.54) is 0 Å². The maximum Gasteiger partial charge on any atom is 0.317 e. The molecule has 2 amide bonds. The Morgan fingerprint density at radius 2 is 2.37 bits per heavy atom. The van der Waals surface area contributed by atoms with Gasteiger partial charge in [0.1, 0.15) is 0 Å². The Morgan fingerprint density at radius 3 is 3.00 bits per heavy atom. The Morgan fingerprint density at radius 1 is 1.58 bits per heavy atom. The van der Waals surface area contributed by atoms with Gasteiger partial charge in [0.05, 0.1) is 18.7 Å². The molecular weight excluding hydrogens is 264 g/mol. The van der Waals surface area contributed by atoms with Crippen LogP contribution in [0.2, 0.25) is 5.02 Å². The number of carbonyl (C=O) groups excluding carboxylic acids is 1. The van der Waals surface area contributed by atoms with E-state index < -0.39 is 0 Å². The number of benzene rings is 1. The van der Waals surface area contributed by atoms with Crippen molar-refractivity contribution in [2.75, 3.05) is 20.3 Å². The lowest BCUT2D eigenvalue weighted by atomic mass is 10.1. The van der Waals surface area contributed by atoms with E-state index in [-0.39, 0.29) is 18.1 Å². The molecule has 1 aliphatic heterocycles. The summed E-state index contributed by atoms with van der Waals surface area (Å²) < 4.78 is 5.25. The lowest BCUT2D eigenvalue weighted by molar-refractivity contribution is 0.176. The van der Waals surface area contributed by atoms with Gasteiger partial charge in [0.25, 0.3) is 0 Å². The first-order valence-electron chi connectivity index (χ1n) is 6.44. The molecule has 0 bridgehead atoms. The van der Waals surface area contributed by atoms with Gasteiger partial charge >= 0.3 is 6.03 Å². The van der Waals surface area contributed by atoms with E-state index in [9.17, 15) is 4.79 Å². The molecule has 104 valence electrons. The van der Waals surface area contributed by atoms with Gasteiger partial charge in [0, 0.05) is 18.7 Å². The number of halogens is 1. The summed E-state index contributed by atoms with van der Waals surface area (Å²) in [4.78, 5) is 13.8. The van der Waals surface area contributed by atoms with Crippen molar-refractivity contribution in [2.45, 2.75) is 25.4 Å².